The maximum Gasteiger partial charge on any atom is 0.263 e. The van der Waals surface area contributed by atoms with Gasteiger partial charge in [-0.2, -0.15) is 0 Å². The molecular formula is C8H8N4OS. The van der Waals surface area contributed by atoms with Crippen LogP contribution in [0.5, 0.6) is 0 Å². The van der Waals surface area contributed by atoms with E-state index in [-0.39, 0.29) is 5.91 Å². The molecule has 5 nitrogen and oxygen atoms in total. The first-order valence-corrected chi connectivity index (χ1v) is 5.19. The Labute approximate surface area is 85.1 Å². The lowest BCUT2D eigenvalue weighted by Gasteiger charge is -2.14. The lowest BCUT2D eigenvalue weighted by Crippen LogP contribution is -2.29. The van der Waals surface area contributed by atoms with Gasteiger partial charge in [0.15, 0.2) is 11.0 Å². The van der Waals surface area contributed by atoms with E-state index in [1.807, 2.05) is 6.92 Å². The van der Waals surface area contributed by atoms with Crippen LogP contribution in [0.3, 0.4) is 0 Å². The molecule has 0 fully saturated rings. The summed E-state index contributed by atoms with van der Waals surface area (Å²) in [6.45, 7) is 2.02. The molecule has 0 spiro atoms. The molecule has 1 unspecified atom stereocenters. The molecule has 2 heterocycles. The van der Waals surface area contributed by atoms with Crippen LogP contribution < -0.4 is 0 Å². The number of rotatable bonds is 1. The highest BCUT2D eigenvalue weighted by atomic mass is 32.2. The fourth-order valence-electron chi connectivity index (χ4n) is 1.11. The normalized spacial score (nSPS) is 24.4. The highest BCUT2D eigenvalue weighted by molar-refractivity contribution is 8.13. The Kier molecular flexibility index (Phi) is 2.53. The van der Waals surface area contributed by atoms with E-state index in [1.54, 1.807) is 6.21 Å². The maximum absolute atomic E-state index is 11.2. The van der Waals surface area contributed by atoms with Crippen molar-refractivity contribution in [1.82, 2.24) is 0 Å². The molecule has 0 bridgehead atoms. The number of hydrogen-bond donors (Lipinski definition) is 0. The van der Waals surface area contributed by atoms with Gasteiger partial charge in [0.25, 0.3) is 5.91 Å². The third kappa shape index (κ3) is 1.65. The van der Waals surface area contributed by atoms with Gasteiger partial charge >= 0.3 is 0 Å². The number of aliphatic imine (C=N–C) groups is 4. The minimum absolute atomic E-state index is 0.247. The first-order chi connectivity index (χ1) is 6.81. The summed E-state index contributed by atoms with van der Waals surface area (Å²) in [5, 5.41) is 0.658. The standard InChI is InChI=1S/C8H8N4OS/c1-2-14-8-9-3-5-6(12-8)10-4-11-7(5)13/h3-5H,2H2,1H3. The number of fused-ring (bicyclic) bond motifs is 1. The summed E-state index contributed by atoms with van der Waals surface area (Å²) < 4.78 is 0. The minimum Gasteiger partial charge on any atom is -0.271 e. The third-order valence-corrected chi connectivity index (χ3v) is 2.48. The molecule has 0 aromatic carbocycles. The average molecular weight is 208 g/mol. The fraction of sp³-hybridized carbons (Fsp3) is 0.375. The zero-order valence-electron chi connectivity index (χ0n) is 7.54. The molecule has 2 aliphatic rings. The summed E-state index contributed by atoms with van der Waals surface area (Å²) >= 11 is 1.52. The Balaban J connectivity index is 2.26. The van der Waals surface area contributed by atoms with Crippen molar-refractivity contribution in [3.8, 4) is 0 Å². The van der Waals surface area contributed by atoms with E-state index in [1.165, 1.54) is 18.1 Å². The largest absolute Gasteiger partial charge is 0.271 e. The molecule has 6 heteroatoms. The van der Waals surface area contributed by atoms with Gasteiger partial charge in [-0.1, -0.05) is 18.7 Å². The summed E-state index contributed by atoms with van der Waals surface area (Å²) in [6, 6.07) is 0. The summed E-state index contributed by atoms with van der Waals surface area (Å²) in [7, 11) is 0. The van der Waals surface area contributed by atoms with Crippen LogP contribution >= 0.6 is 11.8 Å². The zero-order valence-corrected chi connectivity index (χ0v) is 8.36. The highest BCUT2D eigenvalue weighted by Crippen LogP contribution is 2.15. The molecule has 0 aliphatic carbocycles. The number of hydrogen-bond acceptors (Lipinski definition) is 5. The number of carbonyl (C=O) groups is 1. The van der Waals surface area contributed by atoms with Crippen LogP contribution in [0.25, 0.3) is 0 Å². The Morgan fingerprint density at radius 1 is 1.50 bits per heavy atom. The molecule has 0 saturated heterocycles. The van der Waals surface area contributed by atoms with Crippen molar-refractivity contribution >= 4 is 41.2 Å². The van der Waals surface area contributed by atoms with Gasteiger partial charge in [-0.05, 0) is 5.75 Å². The highest BCUT2D eigenvalue weighted by Gasteiger charge is 2.27. The average Bonchev–Trinajstić information content (AvgIpc) is 2.18. The van der Waals surface area contributed by atoms with Gasteiger partial charge in [-0.3, -0.25) is 4.79 Å². The van der Waals surface area contributed by atoms with Crippen molar-refractivity contribution in [1.29, 1.82) is 0 Å². The van der Waals surface area contributed by atoms with Crippen molar-refractivity contribution in [3.63, 3.8) is 0 Å². The van der Waals surface area contributed by atoms with E-state index >= 15 is 0 Å². The van der Waals surface area contributed by atoms with Crippen LogP contribution in [0.1, 0.15) is 6.92 Å². The van der Waals surface area contributed by atoms with Crippen LogP contribution in [-0.2, 0) is 4.79 Å². The van der Waals surface area contributed by atoms with Gasteiger partial charge < -0.3 is 0 Å². The van der Waals surface area contributed by atoms with Gasteiger partial charge in [-0.25, -0.2) is 20.0 Å². The monoisotopic (exact) mass is 208 g/mol. The molecule has 2 rings (SSSR count). The molecule has 0 radical (unpaired) electrons. The quantitative estimate of drug-likeness (QED) is 0.638. The predicted molar refractivity (Wildman–Crippen MR) is 58.5 cm³/mol. The molecule has 0 aromatic rings. The SMILES string of the molecule is CCSC1=NC2=NC=NC(=O)C2C=N1. The predicted octanol–water partition coefficient (Wildman–Crippen LogP) is 0.763. The van der Waals surface area contributed by atoms with Crippen molar-refractivity contribution in [2.45, 2.75) is 6.92 Å². The minimum atomic E-state index is -0.471. The topological polar surface area (TPSA) is 66.5 Å². The van der Waals surface area contributed by atoms with Crippen molar-refractivity contribution in [3.05, 3.63) is 0 Å². The van der Waals surface area contributed by atoms with Gasteiger partial charge in [-0.15, -0.1) is 0 Å². The van der Waals surface area contributed by atoms with E-state index in [9.17, 15) is 4.79 Å². The zero-order chi connectivity index (χ0) is 9.97. The molecule has 1 amide bonds. The molecule has 72 valence electrons. The number of amidine groups is 2. The second-order valence-electron chi connectivity index (χ2n) is 2.65. The number of amides is 1. The molecule has 0 N–H and O–H groups in total. The molecular weight excluding hydrogens is 200 g/mol. The van der Waals surface area contributed by atoms with Crippen molar-refractivity contribution in [2.75, 3.05) is 5.75 Å². The molecule has 14 heavy (non-hydrogen) atoms. The van der Waals surface area contributed by atoms with Crippen LogP contribution in [0, 0.1) is 5.92 Å². The fourth-order valence-corrected chi connectivity index (χ4v) is 1.66. The smallest absolute Gasteiger partial charge is 0.263 e. The second kappa shape index (κ2) is 3.83. The van der Waals surface area contributed by atoms with E-state index in [0.717, 1.165) is 5.75 Å². The van der Waals surface area contributed by atoms with E-state index in [2.05, 4.69) is 20.0 Å². The Hall–Kier alpha value is -1.30. The van der Waals surface area contributed by atoms with Gasteiger partial charge in [0.05, 0.1) is 0 Å². The Bertz CT molecular complexity index is 383. The van der Waals surface area contributed by atoms with E-state index < -0.39 is 5.92 Å². The van der Waals surface area contributed by atoms with Gasteiger partial charge in [0.1, 0.15) is 12.3 Å². The summed E-state index contributed by atoms with van der Waals surface area (Å²) in [4.78, 5) is 27.0. The van der Waals surface area contributed by atoms with Crippen LogP contribution in [0.15, 0.2) is 20.0 Å². The Morgan fingerprint density at radius 2 is 2.36 bits per heavy atom. The maximum atomic E-state index is 11.2. The van der Waals surface area contributed by atoms with Gasteiger partial charge in [0, 0.05) is 6.21 Å². The lowest BCUT2D eigenvalue weighted by atomic mass is 10.1. The van der Waals surface area contributed by atoms with Crippen LogP contribution in [0.4, 0.5) is 0 Å². The van der Waals surface area contributed by atoms with Crippen molar-refractivity contribution < 1.29 is 4.79 Å². The summed E-state index contributed by atoms with van der Waals surface area (Å²) in [5.41, 5.74) is 0. The molecule has 2 aliphatic heterocycles. The summed E-state index contributed by atoms with van der Waals surface area (Å²) in [5.74, 6) is 0.677. The van der Waals surface area contributed by atoms with Crippen LogP contribution in [0.2, 0.25) is 0 Å². The van der Waals surface area contributed by atoms with Gasteiger partial charge in [0.2, 0.25) is 0 Å². The molecule has 1 atom stereocenters. The third-order valence-electron chi connectivity index (χ3n) is 1.74. The van der Waals surface area contributed by atoms with Crippen LogP contribution in [-0.4, -0.2) is 35.2 Å². The molecule has 0 aromatic heterocycles. The second-order valence-corrected chi connectivity index (χ2v) is 3.88. The van der Waals surface area contributed by atoms with E-state index in [0.29, 0.717) is 11.0 Å². The lowest BCUT2D eigenvalue weighted by molar-refractivity contribution is -0.118. The number of carbonyl (C=O) groups excluding carboxylic acids is 1. The summed E-state index contributed by atoms with van der Waals surface area (Å²) in [6.07, 6.45) is 2.80. The first kappa shape index (κ1) is 9.26. The van der Waals surface area contributed by atoms with Crippen molar-refractivity contribution in [2.24, 2.45) is 25.9 Å². The van der Waals surface area contributed by atoms with E-state index in [4.69, 9.17) is 0 Å². The Morgan fingerprint density at radius 3 is 3.14 bits per heavy atom. The number of thioether (sulfide) groups is 1. The first-order valence-electron chi connectivity index (χ1n) is 4.21. The number of nitrogens with zero attached hydrogens (tertiary/aromatic N) is 4. The molecule has 0 saturated carbocycles.